The first-order valence-electron chi connectivity index (χ1n) is 5.16. The van der Waals surface area contributed by atoms with Crippen molar-refractivity contribution < 1.29 is 9.90 Å². The number of amides is 1. The van der Waals surface area contributed by atoms with Crippen molar-refractivity contribution in [3.63, 3.8) is 0 Å². The van der Waals surface area contributed by atoms with Crippen LogP contribution in [-0.4, -0.2) is 29.0 Å². The average molecular weight is 205 g/mol. The molecule has 0 atom stereocenters. The fourth-order valence-corrected chi connectivity index (χ4v) is 1.64. The third kappa shape index (κ3) is 1.96. The molecular formula is C12H15NO2. The second-order valence-electron chi connectivity index (χ2n) is 4.17. The molecule has 0 heterocycles. The summed E-state index contributed by atoms with van der Waals surface area (Å²) in [6.45, 7) is 1.91. The Labute approximate surface area is 89.3 Å². The molecular weight excluding hydrogens is 190 g/mol. The average Bonchev–Trinajstić information content (AvgIpc) is 3.03. The normalized spacial score (nSPS) is 15.1. The Morgan fingerprint density at radius 3 is 2.73 bits per heavy atom. The molecule has 1 aromatic carbocycles. The van der Waals surface area contributed by atoms with Crippen molar-refractivity contribution >= 4 is 5.91 Å². The van der Waals surface area contributed by atoms with Gasteiger partial charge in [0.1, 0.15) is 5.75 Å². The maximum Gasteiger partial charge on any atom is 0.257 e. The van der Waals surface area contributed by atoms with Crippen molar-refractivity contribution in [2.24, 2.45) is 0 Å². The summed E-state index contributed by atoms with van der Waals surface area (Å²) in [5.41, 5.74) is 1.39. The third-order valence-corrected chi connectivity index (χ3v) is 2.80. The van der Waals surface area contributed by atoms with E-state index in [4.69, 9.17) is 0 Å². The minimum Gasteiger partial charge on any atom is -0.507 e. The smallest absolute Gasteiger partial charge is 0.257 e. The summed E-state index contributed by atoms with van der Waals surface area (Å²) < 4.78 is 0. The number of benzene rings is 1. The van der Waals surface area contributed by atoms with Crippen LogP contribution >= 0.6 is 0 Å². The van der Waals surface area contributed by atoms with E-state index in [1.807, 2.05) is 6.92 Å². The monoisotopic (exact) mass is 205 g/mol. The predicted molar refractivity (Wildman–Crippen MR) is 58.0 cm³/mol. The van der Waals surface area contributed by atoms with Crippen LogP contribution in [0.4, 0.5) is 0 Å². The highest BCUT2D eigenvalue weighted by Gasteiger charge is 2.30. The molecule has 0 aliphatic heterocycles. The van der Waals surface area contributed by atoms with Gasteiger partial charge in [-0.05, 0) is 31.9 Å². The van der Waals surface area contributed by atoms with E-state index in [1.165, 1.54) is 0 Å². The molecule has 0 spiro atoms. The van der Waals surface area contributed by atoms with Crippen LogP contribution in [0.2, 0.25) is 0 Å². The molecule has 1 fully saturated rings. The first-order valence-corrected chi connectivity index (χ1v) is 5.16. The van der Waals surface area contributed by atoms with Crippen molar-refractivity contribution in [2.45, 2.75) is 25.8 Å². The summed E-state index contributed by atoms with van der Waals surface area (Å²) in [6.07, 6.45) is 2.16. The largest absolute Gasteiger partial charge is 0.507 e. The predicted octanol–water partition coefficient (Wildman–Crippen LogP) is 1.94. The van der Waals surface area contributed by atoms with Gasteiger partial charge < -0.3 is 10.0 Å². The third-order valence-electron chi connectivity index (χ3n) is 2.80. The number of aryl methyl sites for hydroxylation is 1. The summed E-state index contributed by atoms with van der Waals surface area (Å²) in [5, 5.41) is 9.61. The lowest BCUT2D eigenvalue weighted by atomic mass is 10.1. The lowest BCUT2D eigenvalue weighted by Gasteiger charge is -2.17. The molecule has 3 nitrogen and oxygen atoms in total. The SMILES string of the molecule is Cc1ccc(O)c(C(=O)N(C)C2CC2)c1. The Bertz CT molecular complexity index is 397. The highest BCUT2D eigenvalue weighted by atomic mass is 16.3. The Morgan fingerprint density at radius 2 is 2.13 bits per heavy atom. The number of aromatic hydroxyl groups is 1. The second kappa shape index (κ2) is 3.57. The van der Waals surface area contributed by atoms with E-state index < -0.39 is 0 Å². The first-order chi connectivity index (χ1) is 7.09. The molecule has 1 N–H and O–H groups in total. The number of phenols is 1. The Morgan fingerprint density at radius 1 is 1.47 bits per heavy atom. The lowest BCUT2D eigenvalue weighted by Crippen LogP contribution is -2.28. The van der Waals surface area contributed by atoms with E-state index in [2.05, 4.69) is 0 Å². The van der Waals surface area contributed by atoms with E-state index in [9.17, 15) is 9.90 Å². The van der Waals surface area contributed by atoms with Crippen LogP contribution < -0.4 is 0 Å². The zero-order valence-electron chi connectivity index (χ0n) is 9.03. The number of nitrogens with zero attached hydrogens (tertiary/aromatic N) is 1. The fourth-order valence-electron chi connectivity index (χ4n) is 1.64. The number of phenolic OH excluding ortho intramolecular Hbond substituents is 1. The van der Waals surface area contributed by atoms with Crippen LogP contribution in [0.15, 0.2) is 18.2 Å². The maximum atomic E-state index is 12.0. The van der Waals surface area contributed by atoms with Gasteiger partial charge in [0.05, 0.1) is 5.56 Å². The van der Waals surface area contributed by atoms with Gasteiger partial charge in [0, 0.05) is 13.1 Å². The van der Waals surface area contributed by atoms with Gasteiger partial charge in [-0.3, -0.25) is 4.79 Å². The summed E-state index contributed by atoms with van der Waals surface area (Å²) in [4.78, 5) is 13.7. The molecule has 1 aliphatic rings. The van der Waals surface area contributed by atoms with Crippen LogP contribution in [0.25, 0.3) is 0 Å². The Balaban J connectivity index is 2.27. The van der Waals surface area contributed by atoms with Crippen molar-refractivity contribution in [3.05, 3.63) is 29.3 Å². The fraction of sp³-hybridized carbons (Fsp3) is 0.417. The van der Waals surface area contributed by atoms with Crippen LogP contribution in [0.1, 0.15) is 28.8 Å². The molecule has 15 heavy (non-hydrogen) atoms. The van der Waals surface area contributed by atoms with Gasteiger partial charge in [-0.25, -0.2) is 0 Å². The summed E-state index contributed by atoms with van der Waals surface area (Å²) in [7, 11) is 1.79. The molecule has 0 radical (unpaired) electrons. The molecule has 80 valence electrons. The van der Waals surface area contributed by atoms with Crippen LogP contribution in [0.3, 0.4) is 0 Å². The van der Waals surface area contributed by atoms with Crippen LogP contribution in [0, 0.1) is 6.92 Å². The van der Waals surface area contributed by atoms with Crippen molar-refractivity contribution in [1.82, 2.24) is 4.90 Å². The van der Waals surface area contributed by atoms with E-state index in [-0.39, 0.29) is 11.7 Å². The molecule has 1 saturated carbocycles. The van der Waals surface area contributed by atoms with Gasteiger partial charge >= 0.3 is 0 Å². The Hall–Kier alpha value is -1.51. The first kappa shape index (κ1) is 10.0. The number of hydrogen-bond acceptors (Lipinski definition) is 2. The maximum absolute atomic E-state index is 12.0. The minimum atomic E-state index is -0.0845. The molecule has 0 saturated heterocycles. The zero-order valence-corrected chi connectivity index (χ0v) is 9.03. The van der Waals surface area contributed by atoms with Crippen LogP contribution in [-0.2, 0) is 0 Å². The lowest BCUT2D eigenvalue weighted by molar-refractivity contribution is 0.0782. The minimum absolute atomic E-state index is 0.0677. The van der Waals surface area contributed by atoms with Crippen LogP contribution in [0.5, 0.6) is 5.75 Å². The molecule has 1 amide bonds. The number of carbonyl (C=O) groups is 1. The molecule has 2 rings (SSSR count). The van der Waals surface area contributed by atoms with E-state index in [0.29, 0.717) is 11.6 Å². The summed E-state index contributed by atoms with van der Waals surface area (Å²) >= 11 is 0. The van der Waals surface area contributed by atoms with Gasteiger partial charge in [-0.15, -0.1) is 0 Å². The zero-order chi connectivity index (χ0) is 11.0. The van der Waals surface area contributed by atoms with Gasteiger partial charge in [-0.1, -0.05) is 11.6 Å². The van der Waals surface area contributed by atoms with Gasteiger partial charge in [-0.2, -0.15) is 0 Å². The number of hydrogen-bond donors (Lipinski definition) is 1. The van der Waals surface area contributed by atoms with Gasteiger partial charge in [0.15, 0.2) is 0 Å². The van der Waals surface area contributed by atoms with E-state index >= 15 is 0 Å². The molecule has 0 bridgehead atoms. The summed E-state index contributed by atoms with van der Waals surface area (Å²) in [5.74, 6) is -0.0169. The molecule has 0 aromatic heterocycles. The van der Waals surface area contributed by atoms with Gasteiger partial charge in [0.2, 0.25) is 0 Å². The van der Waals surface area contributed by atoms with Crippen molar-refractivity contribution in [2.75, 3.05) is 7.05 Å². The quantitative estimate of drug-likeness (QED) is 0.801. The molecule has 3 heteroatoms. The number of carbonyl (C=O) groups excluding carboxylic acids is 1. The number of rotatable bonds is 2. The molecule has 0 unspecified atom stereocenters. The van der Waals surface area contributed by atoms with Crippen molar-refractivity contribution in [3.8, 4) is 5.75 Å². The topological polar surface area (TPSA) is 40.5 Å². The van der Waals surface area contributed by atoms with E-state index in [0.717, 1.165) is 18.4 Å². The van der Waals surface area contributed by atoms with Crippen molar-refractivity contribution in [1.29, 1.82) is 0 Å². The van der Waals surface area contributed by atoms with Gasteiger partial charge in [0.25, 0.3) is 5.91 Å². The highest BCUT2D eigenvalue weighted by molar-refractivity contribution is 5.97. The van der Waals surface area contributed by atoms with E-state index in [1.54, 1.807) is 30.1 Å². The molecule has 1 aliphatic carbocycles. The second-order valence-corrected chi connectivity index (χ2v) is 4.17. The standard InChI is InChI=1S/C12H15NO2/c1-8-3-6-11(14)10(7-8)12(15)13(2)9-4-5-9/h3,6-7,9,14H,4-5H2,1-2H3. The highest BCUT2D eigenvalue weighted by Crippen LogP contribution is 2.28. The summed E-state index contributed by atoms with van der Waals surface area (Å²) in [6, 6.07) is 5.47. The Kier molecular flexibility index (Phi) is 2.39. The molecule has 1 aromatic rings.